The average Bonchev–Trinajstić information content (AvgIpc) is 2.38. The highest BCUT2D eigenvalue weighted by Crippen LogP contribution is 2.30. The van der Waals surface area contributed by atoms with E-state index in [-0.39, 0.29) is 0 Å². The average molecular weight is 313 g/mol. The summed E-state index contributed by atoms with van der Waals surface area (Å²) in [6.45, 7) is 4.23. The van der Waals surface area contributed by atoms with E-state index in [2.05, 4.69) is 23.8 Å². The van der Waals surface area contributed by atoms with Crippen molar-refractivity contribution < 1.29 is 0 Å². The van der Waals surface area contributed by atoms with E-state index in [1.807, 2.05) is 24.3 Å². The highest BCUT2D eigenvalue weighted by molar-refractivity contribution is 7.98. The van der Waals surface area contributed by atoms with Gasteiger partial charge in [-0.1, -0.05) is 54.9 Å². The molecule has 100 valence electrons. The topological polar surface area (TPSA) is 25.8 Å². The van der Waals surface area contributed by atoms with Crippen LogP contribution < -0.4 is 0 Å². The lowest BCUT2D eigenvalue weighted by Crippen LogP contribution is -1.96. The van der Waals surface area contributed by atoms with Crippen molar-refractivity contribution >= 4 is 35.0 Å². The molecule has 0 bridgehead atoms. The van der Waals surface area contributed by atoms with Gasteiger partial charge in [-0.2, -0.15) is 0 Å². The molecule has 0 fully saturated rings. The predicted molar refractivity (Wildman–Crippen MR) is 82.1 cm³/mol. The van der Waals surface area contributed by atoms with Crippen LogP contribution in [0.4, 0.5) is 0 Å². The Balaban J connectivity index is 2.12. The van der Waals surface area contributed by atoms with Crippen LogP contribution in [0.25, 0.3) is 0 Å². The molecule has 2 aromatic rings. The molecule has 0 aliphatic heterocycles. The van der Waals surface area contributed by atoms with Gasteiger partial charge in [-0.25, -0.2) is 9.97 Å². The minimum absolute atomic E-state index is 0.395. The Kier molecular flexibility index (Phi) is 5.08. The van der Waals surface area contributed by atoms with Crippen LogP contribution in [-0.2, 0) is 5.75 Å². The Bertz CT molecular complexity index is 553. The molecule has 0 spiro atoms. The normalized spacial score (nSPS) is 11.0. The van der Waals surface area contributed by atoms with E-state index in [1.54, 1.807) is 18.0 Å². The number of aromatic nitrogens is 2. The minimum atomic E-state index is 0.395. The molecule has 0 aliphatic rings. The smallest absolute Gasteiger partial charge is 0.188 e. The first-order valence-electron chi connectivity index (χ1n) is 5.96. The first-order chi connectivity index (χ1) is 9.08. The molecule has 2 nitrogen and oxygen atoms in total. The molecule has 0 aliphatic carbocycles. The van der Waals surface area contributed by atoms with E-state index in [0.29, 0.717) is 21.7 Å². The van der Waals surface area contributed by atoms with Gasteiger partial charge in [0.1, 0.15) is 0 Å². The predicted octanol–water partition coefficient (Wildman–Crippen LogP) is 5.20. The van der Waals surface area contributed by atoms with E-state index < -0.39 is 0 Å². The van der Waals surface area contributed by atoms with Crippen LogP contribution in [0.1, 0.15) is 31.0 Å². The van der Waals surface area contributed by atoms with Crippen LogP contribution in [0.2, 0.25) is 10.0 Å². The quantitative estimate of drug-likeness (QED) is 0.573. The summed E-state index contributed by atoms with van der Waals surface area (Å²) in [6, 6.07) is 7.47. The van der Waals surface area contributed by atoms with Gasteiger partial charge in [0.25, 0.3) is 0 Å². The fourth-order valence-corrected chi connectivity index (χ4v) is 3.13. The van der Waals surface area contributed by atoms with Crippen LogP contribution in [0.3, 0.4) is 0 Å². The van der Waals surface area contributed by atoms with Crippen LogP contribution in [0, 0.1) is 0 Å². The van der Waals surface area contributed by atoms with Gasteiger partial charge < -0.3 is 0 Å². The molecule has 0 unspecified atom stereocenters. The van der Waals surface area contributed by atoms with Crippen molar-refractivity contribution in [2.75, 3.05) is 0 Å². The van der Waals surface area contributed by atoms with E-state index in [9.17, 15) is 0 Å². The van der Waals surface area contributed by atoms with Crippen LogP contribution in [0.5, 0.6) is 0 Å². The SMILES string of the molecule is CC(C)c1ccnc(SCc2c(Cl)cccc2Cl)n1. The van der Waals surface area contributed by atoms with Gasteiger partial charge in [0.2, 0.25) is 0 Å². The van der Waals surface area contributed by atoms with Crippen molar-refractivity contribution in [1.82, 2.24) is 9.97 Å². The van der Waals surface area contributed by atoms with Crippen LogP contribution in [-0.4, -0.2) is 9.97 Å². The number of thioether (sulfide) groups is 1. The molecule has 0 saturated carbocycles. The summed E-state index contributed by atoms with van der Waals surface area (Å²) in [5, 5.41) is 2.11. The molecule has 0 radical (unpaired) electrons. The Hall–Kier alpha value is -0.770. The summed E-state index contributed by atoms with van der Waals surface area (Å²) in [6.07, 6.45) is 1.79. The number of hydrogen-bond donors (Lipinski definition) is 0. The molecule has 0 N–H and O–H groups in total. The number of hydrogen-bond acceptors (Lipinski definition) is 3. The van der Waals surface area contributed by atoms with Crippen molar-refractivity contribution in [2.24, 2.45) is 0 Å². The highest BCUT2D eigenvalue weighted by Gasteiger charge is 2.08. The molecule has 1 heterocycles. The molecule has 1 aromatic heterocycles. The molecule has 0 saturated heterocycles. The molecule has 19 heavy (non-hydrogen) atoms. The first-order valence-corrected chi connectivity index (χ1v) is 7.70. The minimum Gasteiger partial charge on any atom is -0.231 e. The fraction of sp³-hybridized carbons (Fsp3) is 0.286. The van der Waals surface area contributed by atoms with Crippen molar-refractivity contribution in [1.29, 1.82) is 0 Å². The zero-order valence-corrected chi connectivity index (χ0v) is 13.1. The van der Waals surface area contributed by atoms with Gasteiger partial charge in [0.05, 0.1) is 0 Å². The summed E-state index contributed by atoms with van der Waals surface area (Å²) in [7, 11) is 0. The summed E-state index contributed by atoms with van der Waals surface area (Å²) in [5.41, 5.74) is 1.97. The van der Waals surface area contributed by atoms with Crippen LogP contribution in [0.15, 0.2) is 35.6 Å². The second-order valence-corrected chi connectivity index (χ2v) is 6.16. The maximum atomic E-state index is 6.14. The van der Waals surface area contributed by atoms with E-state index in [0.717, 1.165) is 16.4 Å². The summed E-state index contributed by atoms with van der Waals surface area (Å²) in [4.78, 5) is 8.77. The van der Waals surface area contributed by atoms with Crippen molar-refractivity contribution in [3.63, 3.8) is 0 Å². The summed E-state index contributed by atoms with van der Waals surface area (Å²) >= 11 is 13.8. The number of benzene rings is 1. The summed E-state index contributed by atoms with van der Waals surface area (Å²) < 4.78 is 0. The van der Waals surface area contributed by atoms with Gasteiger partial charge in [-0.3, -0.25) is 0 Å². The van der Waals surface area contributed by atoms with E-state index in [4.69, 9.17) is 23.2 Å². The third-order valence-electron chi connectivity index (χ3n) is 2.65. The molecular weight excluding hydrogens is 299 g/mol. The van der Waals surface area contributed by atoms with Crippen LogP contribution >= 0.6 is 35.0 Å². The number of halogens is 2. The Labute approximate surface area is 127 Å². The lowest BCUT2D eigenvalue weighted by atomic mass is 10.1. The third-order valence-corrected chi connectivity index (χ3v) is 4.25. The van der Waals surface area contributed by atoms with Gasteiger partial charge in [-0.05, 0) is 29.7 Å². The Morgan fingerprint density at radius 1 is 1.16 bits per heavy atom. The maximum Gasteiger partial charge on any atom is 0.188 e. The lowest BCUT2D eigenvalue weighted by Gasteiger charge is -2.08. The number of nitrogens with zero attached hydrogens (tertiary/aromatic N) is 2. The van der Waals surface area contributed by atoms with E-state index in [1.165, 1.54) is 0 Å². The second-order valence-electron chi connectivity index (χ2n) is 4.41. The molecule has 1 aromatic carbocycles. The highest BCUT2D eigenvalue weighted by atomic mass is 35.5. The fourth-order valence-electron chi connectivity index (χ4n) is 1.55. The monoisotopic (exact) mass is 312 g/mol. The molecule has 2 rings (SSSR count). The molecule has 0 amide bonds. The standard InChI is InChI=1S/C14H14Cl2N2S/c1-9(2)13-6-7-17-14(18-13)19-8-10-11(15)4-3-5-12(10)16/h3-7,9H,8H2,1-2H3. The lowest BCUT2D eigenvalue weighted by molar-refractivity contribution is 0.778. The van der Waals surface area contributed by atoms with E-state index >= 15 is 0 Å². The zero-order chi connectivity index (χ0) is 13.8. The second kappa shape index (κ2) is 6.60. The van der Waals surface area contributed by atoms with Crippen molar-refractivity contribution in [3.8, 4) is 0 Å². The van der Waals surface area contributed by atoms with Gasteiger partial charge in [0, 0.05) is 27.7 Å². The molecule has 5 heteroatoms. The molecular formula is C14H14Cl2N2S. The van der Waals surface area contributed by atoms with Gasteiger partial charge in [-0.15, -0.1) is 0 Å². The third kappa shape index (κ3) is 3.85. The maximum absolute atomic E-state index is 6.14. The first kappa shape index (κ1) is 14.6. The Morgan fingerprint density at radius 2 is 1.84 bits per heavy atom. The molecule has 0 atom stereocenters. The van der Waals surface area contributed by atoms with Gasteiger partial charge >= 0.3 is 0 Å². The van der Waals surface area contributed by atoms with Crippen molar-refractivity contribution in [3.05, 3.63) is 51.8 Å². The van der Waals surface area contributed by atoms with Crippen molar-refractivity contribution in [2.45, 2.75) is 30.7 Å². The number of rotatable bonds is 4. The summed E-state index contributed by atoms with van der Waals surface area (Å²) in [5.74, 6) is 1.06. The van der Waals surface area contributed by atoms with Gasteiger partial charge in [0.15, 0.2) is 5.16 Å². The Morgan fingerprint density at radius 3 is 2.47 bits per heavy atom. The zero-order valence-electron chi connectivity index (χ0n) is 10.7. The largest absolute Gasteiger partial charge is 0.231 e.